The molecule has 1 nitrogen and oxygen atoms in total. The van der Waals surface area contributed by atoms with Crippen LogP contribution in [0.2, 0.25) is 0 Å². The van der Waals surface area contributed by atoms with Gasteiger partial charge in [0.25, 0.3) is 0 Å². The molecule has 0 radical (unpaired) electrons. The highest BCUT2D eigenvalue weighted by Gasteiger charge is 2.00. The van der Waals surface area contributed by atoms with Gasteiger partial charge in [-0.3, -0.25) is 0 Å². The van der Waals surface area contributed by atoms with Crippen molar-refractivity contribution in [2.45, 2.75) is 13.1 Å². The summed E-state index contributed by atoms with van der Waals surface area (Å²) in [5.74, 6) is 0. The van der Waals surface area contributed by atoms with Crippen molar-refractivity contribution in [3.05, 3.63) is 68.6 Å². The van der Waals surface area contributed by atoms with E-state index in [9.17, 15) is 0 Å². The van der Waals surface area contributed by atoms with Crippen LogP contribution in [0.4, 0.5) is 0 Å². The van der Waals surface area contributed by atoms with Crippen molar-refractivity contribution in [2.24, 2.45) is 0 Å². The summed E-state index contributed by atoms with van der Waals surface area (Å²) in [5, 5.41) is 3.43. The van der Waals surface area contributed by atoms with Crippen LogP contribution in [0.3, 0.4) is 0 Å². The first-order valence-electron chi connectivity index (χ1n) is 5.44. The highest BCUT2D eigenvalue weighted by Crippen LogP contribution is 2.21. The molecule has 0 saturated carbocycles. The van der Waals surface area contributed by atoms with Gasteiger partial charge < -0.3 is 5.32 Å². The molecule has 0 aromatic heterocycles. The summed E-state index contributed by atoms with van der Waals surface area (Å²) in [4.78, 5) is 0. The van der Waals surface area contributed by atoms with Gasteiger partial charge in [-0.05, 0) is 23.3 Å². The number of halogens is 2. The predicted molar refractivity (Wildman–Crippen MR) is 78.8 cm³/mol. The summed E-state index contributed by atoms with van der Waals surface area (Å²) >= 11 is 7.01. The lowest BCUT2D eigenvalue weighted by Crippen LogP contribution is -2.12. The Balaban J connectivity index is 1.90. The zero-order chi connectivity index (χ0) is 12.1. The fraction of sp³-hybridized carbons (Fsp3) is 0.143. The maximum absolute atomic E-state index is 3.56. The standard InChI is InChI=1S/C14H13Br2N/c15-13-7-6-12(14(16)8-13)10-17-9-11-4-2-1-3-5-11/h1-8,17H,9-10H2. The Morgan fingerprint density at radius 3 is 2.35 bits per heavy atom. The molecular formula is C14H13Br2N. The summed E-state index contributed by atoms with van der Waals surface area (Å²) in [6.07, 6.45) is 0. The van der Waals surface area contributed by atoms with E-state index >= 15 is 0 Å². The Hall–Kier alpha value is -0.640. The van der Waals surface area contributed by atoms with E-state index in [1.165, 1.54) is 11.1 Å². The van der Waals surface area contributed by atoms with Crippen molar-refractivity contribution in [1.82, 2.24) is 5.32 Å². The summed E-state index contributed by atoms with van der Waals surface area (Å²) in [6, 6.07) is 16.7. The molecule has 0 atom stereocenters. The molecule has 0 bridgehead atoms. The van der Waals surface area contributed by atoms with Crippen molar-refractivity contribution in [3.8, 4) is 0 Å². The number of rotatable bonds is 4. The molecule has 0 aliphatic rings. The fourth-order valence-corrected chi connectivity index (χ4v) is 2.79. The Kier molecular flexibility index (Phi) is 4.77. The lowest BCUT2D eigenvalue weighted by atomic mass is 10.2. The second-order valence-electron chi connectivity index (χ2n) is 3.82. The molecule has 0 saturated heterocycles. The Labute approximate surface area is 119 Å². The van der Waals surface area contributed by atoms with Gasteiger partial charge in [-0.15, -0.1) is 0 Å². The fourth-order valence-electron chi connectivity index (χ4n) is 1.60. The minimum Gasteiger partial charge on any atom is -0.309 e. The van der Waals surface area contributed by atoms with Crippen molar-refractivity contribution in [2.75, 3.05) is 0 Å². The largest absolute Gasteiger partial charge is 0.309 e. The van der Waals surface area contributed by atoms with E-state index in [1.807, 2.05) is 6.07 Å². The zero-order valence-electron chi connectivity index (χ0n) is 9.29. The van der Waals surface area contributed by atoms with Gasteiger partial charge in [-0.1, -0.05) is 68.3 Å². The molecular weight excluding hydrogens is 342 g/mol. The number of nitrogens with one attached hydrogen (secondary N) is 1. The first kappa shape index (κ1) is 12.8. The van der Waals surface area contributed by atoms with Gasteiger partial charge in [0.05, 0.1) is 0 Å². The van der Waals surface area contributed by atoms with Crippen LogP contribution in [-0.4, -0.2) is 0 Å². The molecule has 0 heterocycles. The molecule has 17 heavy (non-hydrogen) atoms. The second kappa shape index (κ2) is 6.34. The molecule has 0 unspecified atom stereocenters. The van der Waals surface area contributed by atoms with Gasteiger partial charge in [-0.2, -0.15) is 0 Å². The van der Waals surface area contributed by atoms with Crippen molar-refractivity contribution >= 4 is 31.9 Å². The minimum atomic E-state index is 0.864. The quantitative estimate of drug-likeness (QED) is 0.852. The van der Waals surface area contributed by atoms with Crippen LogP contribution in [0.15, 0.2) is 57.5 Å². The average Bonchev–Trinajstić information content (AvgIpc) is 2.33. The highest BCUT2D eigenvalue weighted by atomic mass is 79.9. The Morgan fingerprint density at radius 1 is 0.882 bits per heavy atom. The van der Waals surface area contributed by atoms with Crippen LogP contribution in [-0.2, 0) is 13.1 Å². The van der Waals surface area contributed by atoms with Gasteiger partial charge in [0, 0.05) is 22.0 Å². The van der Waals surface area contributed by atoms with Crippen molar-refractivity contribution in [3.63, 3.8) is 0 Å². The number of benzene rings is 2. The maximum atomic E-state index is 3.56. The van der Waals surface area contributed by atoms with Crippen LogP contribution < -0.4 is 5.32 Å². The van der Waals surface area contributed by atoms with Crippen molar-refractivity contribution in [1.29, 1.82) is 0 Å². The molecule has 0 fully saturated rings. The van der Waals surface area contributed by atoms with Gasteiger partial charge >= 0.3 is 0 Å². The SMILES string of the molecule is Brc1ccc(CNCc2ccccc2)c(Br)c1. The van der Waals surface area contributed by atoms with E-state index in [0.29, 0.717) is 0 Å². The van der Waals surface area contributed by atoms with E-state index in [2.05, 4.69) is 79.6 Å². The molecule has 0 aliphatic carbocycles. The van der Waals surface area contributed by atoms with Gasteiger partial charge in [0.2, 0.25) is 0 Å². The lowest BCUT2D eigenvalue weighted by Gasteiger charge is -2.07. The Bertz CT molecular complexity index is 483. The number of hydrogen-bond donors (Lipinski definition) is 1. The third-order valence-electron chi connectivity index (χ3n) is 2.50. The topological polar surface area (TPSA) is 12.0 Å². The van der Waals surface area contributed by atoms with Gasteiger partial charge in [0.15, 0.2) is 0 Å². The molecule has 2 rings (SSSR count). The normalized spacial score (nSPS) is 10.5. The van der Waals surface area contributed by atoms with Crippen molar-refractivity contribution < 1.29 is 0 Å². The first-order valence-corrected chi connectivity index (χ1v) is 7.03. The molecule has 0 aliphatic heterocycles. The first-order chi connectivity index (χ1) is 8.25. The molecule has 3 heteroatoms. The van der Waals surface area contributed by atoms with E-state index in [1.54, 1.807) is 0 Å². The van der Waals surface area contributed by atoms with E-state index in [-0.39, 0.29) is 0 Å². The predicted octanol–water partition coefficient (Wildman–Crippen LogP) is 4.50. The lowest BCUT2D eigenvalue weighted by molar-refractivity contribution is 0.691. The van der Waals surface area contributed by atoms with Crippen LogP contribution in [0, 0.1) is 0 Å². The third-order valence-corrected chi connectivity index (χ3v) is 3.73. The van der Waals surface area contributed by atoms with Crippen LogP contribution >= 0.6 is 31.9 Å². The molecule has 0 amide bonds. The van der Waals surface area contributed by atoms with E-state index in [4.69, 9.17) is 0 Å². The average molecular weight is 355 g/mol. The minimum absolute atomic E-state index is 0.864. The van der Waals surface area contributed by atoms with Crippen LogP contribution in [0.1, 0.15) is 11.1 Å². The van der Waals surface area contributed by atoms with Gasteiger partial charge in [0.1, 0.15) is 0 Å². The number of hydrogen-bond acceptors (Lipinski definition) is 1. The molecule has 1 N–H and O–H groups in total. The monoisotopic (exact) mass is 353 g/mol. The van der Waals surface area contributed by atoms with E-state index in [0.717, 1.165) is 22.0 Å². The molecule has 2 aromatic carbocycles. The summed E-state index contributed by atoms with van der Waals surface area (Å²) < 4.78 is 2.23. The highest BCUT2D eigenvalue weighted by molar-refractivity contribution is 9.11. The summed E-state index contributed by atoms with van der Waals surface area (Å²) in [7, 11) is 0. The molecule has 88 valence electrons. The summed E-state index contributed by atoms with van der Waals surface area (Å²) in [5.41, 5.74) is 2.57. The van der Waals surface area contributed by atoms with Gasteiger partial charge in [-0.25, -0.2) is 0 Å². The van der Waals surface area contributed by atoms with E-state index < -0.39 is 0 Å². The maximum Gasteiger partial charge on any atom is 0.0231 e. The van der Waals surface area contributed by atoms with Crippen LogP contribution in [0.25, 0.3) is 0 Å². The smallest absolute Gasteiger partial charge is 0.0231 e. The Morgan fingerprint density at radius 2 is 1.65 bits per heavy atom. The molecule has 0 spiro atoms. The zero-order valence-corrected chi connectivity index (χ0v) is 12.5. The van der Waals surface area contributed by atoms with Crippen LogP contribution in [0.5, 0.6) is 0 Å². The molecule has 2 aromatic rings. The summed E-state index contributed by atoms with van der Waals surface area (Å²) in [6.45, 7) is 1.76. The second-order valence-corrected chi connectivity index (χ2v) is 5.59. The third kappa shape index (κ3) is 3.95.